The van der Waals surface area contributed by atoms with Crippen molar-refractivity contribution in [2.45, 2.75) is 30.6 Å². The van der Waals surface area contributed by atoms with Crippen LogP contribution in [0.15, 0.2) is 32.0 Å². The number of nitrogens with two attached hydrogens (primary N) is 1. The summed E-state index contributed by atoms with van der Waals surface area (Å²) in [6.45, 7) is 0. The molecule has 1 aromatic heterocycles. The van der Waals surface area contributed by atoms with Crippen LogP contribution in [0, 0.1) is 0 Å². The standard InChI is InChI=1S/C15H14Br2N2O3S2/c16-8-5-6-10(17)12(7-8)24(21,22)19-15-13(14(18)20)9-3-1-2-4-11(9)23-15/h5-7,19H,1-4H2,(H2,18,20). The molecule has 1 amide bonds. The summed E-state index contributed by atoms with van der Waals surface area (Å²) in [5.41, 5.74) is 6.71. The fraction of sp³-hybridized carbons (Fsp3) is 0.267. The molecule has 0 saturated carbocycles. The fourth-order valence-electron chi connectivity index (χ4n) is 2.76. The van der Waals surface area contributed by atoms with Crippen molar-refractivity contribution < 1.29 is 13.2 Å². The number of thiophene rings is 1. The van der Waals surface area contributed by atoms with Gasteiger partial charge in [-0.15, -0.1) is 11.3 Å². The van der Waals surface area contributed by atoms with E-state index in [9.17, 15) is 13.2 Å². The molecule has 3 rings (SSSR count). The van der Waals surface area contributed by atoms with E-state index in [0.717, 1.165) is 36.1 Å². The van der Waals surface area contributed by atoms with Gasteiger partial charge in [-0.1, -0.05) is 15.9 Å². The molecule has 1 aromatic carbocycles. The average molecular weight is 494 g/mol. The van der Waals surface area contributed by atoms with Crippen LogP contribution in [-0.4, -0.2) is 14.3 Å². The van der Waals surface area contributed by atoms with Gasteiger partial charge in [0, 0.05) is 13.8 Å². The molecule has 128 valence electrons. The summed E-state index contributed by atoms with van der Waals surface area (Å²) in [5.74, 6) is -0.597. The second-order valence-corrected chi connectivity index (χ2v) is 9.99. The number of sulfonamides is 1. The molecule has 0 saturated heterocycles. The molecule has 1 aliphatic carbocycles. The van der Waals surface area contributed by atoms with Crippen molar-refractivity contribution >= 4 is 64.1 Å². The van der Waals surface area contributed by atoms with Crippen LogP contribution >= 0.6 is 43.2 Å². The highest BCUT2D eigenvalue weighted by Crippen LogP contribution is 2.39. The van der Waals surface area contributed by atoms with Crippen LogP contribution in [0.25, 0.3) is 0 Å². The average Bonchev–Trinajstić information content (AvgIpc) is 2.86. The Morgan fingerprint density at radius 1 is 1.21 bits per heavy atom. The summed E-state index contributed by atoms with van der Waals surface area (Å²) in [6, 6.07) is 4.89. The van der Waals surface area contributed by atoms with E-state index in [1.807, 2.05) is 0 Å². The molecule has 3 N–H and O–H groups in total. The first kappa shape index (κ1) is 17.9. The zero-order chi connectivity index (χ0) is 17.5. The number of primary amides is 1. The van der Waals surface area contributed by atoms with Crippen molar-refractivity contribution in [3.63, 3.8) is 0 Å². The quantitative estimate of drug-likeness (QED) is 0.673. The molecule has 0 unspecified atom stereocenters. The maximum atomic E-state index is 12.8. The van der Waals surface area contributed by atoms with Gasteiger partial charge < -0.3 is 5.73 Å². The molecular formula is C15H14Br2N2O3S2. The first-order valence-corrected chi connectivity index (χ1v) is 11.1. The first-order valence-electron chi connectivity index (χ1n) is 7.22. The van der Waals surface area contributed by atoms with Crippen molar-refractivity contribution in [1.82, 2.24) is 0 Å². The minimum Gasteiger partial charge on any atom is -0.365 e. The Kier molecular flexibility index (Phi) is 5.06. The van der Waals surface area contributed by atoms with Gasteiger partial charge in [-0.05, 0) is 65.4 Å². The molecule has 0 atom stereocenters. The lowest BCUT2D eigenvalue weighted by molar-refractivity contribution is 0.100. The number of hydrogen-bond donors (Lipinski definition) is 2. The lowest BCUT2D eigenvalue weighted by Gasteiger charge is -2.12. The number of hydrogen-bond acceptors (Lipinski definition) is 4. The number of anilines is 1. The smallest absolute Gasteiger partial charge is 0.263 e. The van der Waals surface area contributed by atoms with Gasteiger partial charge in [0.1, 0.15) is 9.90 Å². The van der Waals surface area contributed by atoms with Crippen LogP contribution in [0.2, 0.25) is 0 Å². The summed E-state index contributed by atoms with van der Waals surface area (Å²) >= 11 is 7.83. The van der Waals surface area contributed by atoms with E-state index in [0.29, 0.717) is 19.5 Å². The molecule has 1 heterocycles. The number of amides is 1. The monoisotopic (exact) mass is 492 g/mol. The first-order chi connectivity index (χ1) is 11.3. The molecule has 0 aliphatic heterocycles. The van der Waals surface area contributed by atoms with Gasteiger partial charge in [0.25, 0.3) is 15.9 Å². The summed E-state index contributed by atoms with van der Waals surface area (Å²) in [7, 11) is -3.85. The zero-order valence-electron chi connectivity index (χ0n) is 12.4. The maximum Gasteiger partial charge on any atom is 0.263 e. The van der Waals surface area contributed by atoms with E-state index >= 15 is 0 Å². The third-order valence-electron chi connectivity index (χ3n) is 3.83. The highest BCUT2D eigenvalue weighted by molar-refractivity contribution is 9.11. The van der Waals surface area contributed by atoms with Crippen LogP contribution in [0.5, 0.6) is 0 Å². The van der Waals surface area contributed by atoms with Gasteiger partial charge in [-0.25, -0.2) is 8.42 Å². The van der Waals surface area contributed by atoms with Crippen molar-refractivity contribution in [3.05, 3.63) is 43.1 Å². The highest BCUT2D eigenvalue weighted by Gasteiger charge is 2.27. The third-order valence-corrected chi connectivity index (χ3v) is 8.00. The van der Waals surface area contributed by atoms with Crippen LogP contribution in [0.1, 0.15) is 33.6 Å². The molecule has 0 spiro atoms. The van der Waals surface area contributed by atoms with E-state index in [-0.39, 0.29) is 4.90 Å². The van der Waals surface area contributed by atoms with Crippen molar-refractivity contribution in [1.29, 1.82) is 0 Å². The Labute approximate surface area is 160 Å². The van der Waals surface area contributed by atoms with Crippen LogP contribution < -0.4 is 10.5 Å². The Bertz CT molecular complexity index is 923. The number of carbonyl (C=O) groups excluding carboxylic acids is 1. The van der Waals surface area contributed by atoms with E-state index in [2.05, 4.69) is 36.6 Å². The largest absolute Gasteiger partial charge is 0.365 e. The van der Waals surface area contributed by atoms with Crippen LogP contribution in [0.3, 0.4) is 0 Å². The van der Waals surface area contributed by atoms with Gasteiger partial charge in [0.05, 0.1) is 5.56 Å². The molecule has 0 radical (unpaired) electrons. The number of halogens is 2. The van der Waals surface area contributed by atoms with Crippen LogP contribution in [0.4, 0.5) is 5.00 Å². The predicted molar refractivity (Wildman–Crippen MR) is 102 cm³/mol. The molecular weight excluding hydrogens is 480 g/mol. The molecule has 5 nitrogen and oxygen atoms in total. The lowest BCUT2D eigenvalue weighted by atomic mass is 9.95. The number of fused-ring (bicyclic) bond motifs is 1. The Morgan fingerprint density at radius 3 is 2.62 bits per heavy atom. The summed E-state index contributed by atoms with van der Waals surface area (Å²) < 4.78 is 29.1. The third kappa shape index (κ3) is 3.40. The summed E-state index contributed by atoms with van der Waals surface area (Å²) in [5, 5.41) is 0.307. The Morgan fingerprint density at radius 2 is 1.92 bits per heavy atom. The van der Waals surface area contributed by atoms with Crippen molar-refractivity contribution in [2.75, 3.05) is 4.72 Å². The van der Waals surface area contributed by atoms with E-state index in [1.165, 1.54) is 17.4 Å². The maximum absolute atomic E-state index is 12.8. The van der Waals surface area contributed by atoms with E-state index in [4.69, 9.17) is 5.73 Å². The van der Waals surface area contributed by atoms with Gasteiger partial charge in [0.2, 0.25) is 0 Å². The second-order valence-electron chi connectivity index (χ2n) is 5.46. The molecule has 9 heteroatoms. The van der Waals surface area contributed by atoms with E-state index < -0.39 is 15.9 Å². The molecule has 0 fully saturated rings. The minimum atomic E-state index is -3.85. The number of carbonyl (C=O) groups is 1. The Hall–Kier alpha value is -0.900. The minimum absolute atomic E-state index is 0.0960. The lowest BCUT2D eigenvalue weighted by Crippen LogP contribution is -2.19. The summed E-state index contributed by atoms with van der Waals surface area (Å²) in [6.07, 6.45) is 3.62. The van der Waals surface area contributed by atoms with Crippen molar-refractivity contribution in [2.24, 2.45) is 5.73 Å². The number of nitrogens with one attached hydrogen (secondary N) is 1. The molecule has 1 aliphatic rings. The van der Waals surface area contributed by atoms with Gasteiger partial charge >= 0.3 is 0 Å². The number of benzene rings is 1. The summed E-state index contributed by atoms with van der Waals surface area (Å²) in [4.78, 5) is 13.0. The van der Waals surface area contributed by atoms with Gasteiger partial charge in [-0.3, -0.25) is 9.52 Å². The van der Waals surface area contributed by atoms with Crippen molar-refractivity contribution in [3.8, 4) is 0 Å². The van der Waals surface area contributed by atoms with Gasteiger partial charge in [-0.2, -0.15) is 0 Å². The van der Waals surface area contributed by atoms with Crippen LogP contribution in [-0.2, 0) is 22.9 Å². The molecule has 0 bridgehead atoms. The zero-order valence-corrected chi connectivity index (χ0v) is 17.2. The molecule has 2 aromatic rings. The molecule has 24 heavy (non-hydrogen) atoms. The number of rotatable bonds is 4. The second kappa shape index (κ2) is 6.78. The van der Waals surface area contributed by atoms with E-state index in [1.54, 1.807) is 12.1 Å². The fourth-order valence-corrected chi connectivity index (χ4v) is 6.86. The SMILES string of the molecule is NC(=O)c1c(NS(=O)(=O)c2cc(Br)ccc2Br)sc2c1CCCC2. The normalized spacial score (nSPS) is 14.2. The number of aryl methyl sites for hydroxylation is 1. The Balaban J connectivity index is 2.06. The highest BCUT2D eigenvalue weighted by atomic mass is 79.9. The van der Waals surface area contributed by atoms with Gasteiger partial charge in [0.15, 0.2) is 0 Å². The topological polar surface area (TPSA) is 89.3 Å². The predicted octanol–water partition coefficient (Wildman–Crippen LogP) is 4.05.